The number of aliphatic carboxylic acids is 1. The normalized spacial score (nSPS) is 13.6. The van der Waals surface area contributed by atoms with Crippen LogP contribution in [0.1, 0.15) is 194 Å². The van der Waals surface area contributed by atoms with Crippen LogP contribution >= 0.6 is 0 Å². The molecule has 0 rings (SSSR count). The minimum absolute atomic E-state index is 0.140. The summed E-state index contributed by atoms with van der Waals surface area (Å²) in [7, 11) is 5.90. The second-order valence-corrected chi connectivity index (χ2v) is 18.1. The van der Waals surface area contributed by atoms with Crippen molar-refractivity contribution in [3.63, 3.8) is 0 Å². The summed E-state index contributed by atoms with van der Waals surface area (Å²) in [5.74, 6) is -2.32. The minimum atomic E-state index is -1.63. The Hall–Kier alpha value is -3.53. The molecule has 0 heterocycles. The van der Waals surface area contributed by atoms with Crippen LogP contribution in [0.25, 0.3) is 0 Å². The predicted octanol–water partition coefficient (Wildman–Crippen LogP) is 13.1. The third kappa shape index (κ3) is 48.2. The van der Waals surface area contributed by atoms with E-state index in [0.29, 0.717) is 17.4 Å². The lowest BCUT2D eigenvalue weighted by atomic mass is 10.1. The summed E-state index contributed by atoms with van der Waals surface area (Å²) < 4.78 is 22.6. The Morgan fingerprint density at radius 1 is 0.477 bits per heavy atom. The maximum absolute atomic E-state index is 12.8. The van der Waals surface area contributed by atoms with E-state index in [0.717, 1.165) is 103 Å². The first-order valence-corrected chi connectivity index (χ1v) is 25.7. The number of allylic oxidation sites excluding steroid dienone is 14. The molecule has 0 aliphatic rings. The van der Waals surface area contributed by atoms with Crippen molar-refractivity contribution >= 4 is 17.9 Å². The third-order valence-corrected chi connectivity index (χ3v) is 10.6. The Morgan fingerprint density at radius 3 is 1.31 bits per heavy atom. The molecule has 0 aromatic rings. The number of carboxylic acid groups (broad SMARTS) is 1. The van der Waals surface area contributed by atoms with Gasteiger partial charge in [0.15, 0.2) is 12.4 Å². The first-order chi connectivity index (χ1) is 31.6. The monoisotopic (exact) mass is 910 g/mol. The van der Waals surface area contributed by atoms with Gasteiger partial charge in [-0.2, -0.15) is 0 Å². The van der Waals surface area contributed by atoms with Gasteiger partial charge in [0.1, 0.15) is 13.2 Å². The zero-order valence-corrected chi connectivity index (χ0v) is 42.1. The van der Waals surface area contributed by atoms with E-state index in [2.05, 4.69) is 98.9 Å². The largest absolute Gasteiger partial charge is 0.545 e. The van der Waals surface area contributed by atoms with Gasteiger partial charge in [0.25, 0.3) is 0 Å². The maximum atomic E-state index is 12.8. The van der Waals surface area contributed by atoms with Crippen LogP contribution < -0.4 is 5.11 Å². The molecule has 0 radical (unpaired) electrons. The van der Waals surface area contributed by atoms with Gasteiger partial charge in [0.05, 0.1) is 40.3 Å². The number of ether oxygens (including phenoxy) is 4. The molecule has 0 bridgehead atoms. The molecule has 0 aliphatic carbocycles. The number of rotatable bonds is 46. The molecule has 0 fully saturated rings. The topological polar surface area (TPSA) is 111 Å². The molecule has 0 spiro atoms. The molecule has 0 N–H and O–H groups in total. The summed E-state index contributed by atoms with van der Waals surface area (Å²) >= 11 is 0. The summed E-state index contributed by atoms with van der Waals surface area (Å²) in [4.78, 5) is 37.1. The van der Waals surface area contributed by atoms with Crippen molar-refractivity contribution in [3.8, 4) is 0 Å². The first-order valence-electron chi connectivity index (χ1n) is 25.7. The lowest BCUT2D eigenvalue weighted by Crippen LogP contribution is -2.44. The van der Waals surface area contributed by atoms with E-state index in [4.69, 9.17) is 18.9 Å². The molecule has 0 aromatic heterocycles. The van der Waals surface area contributed by atoms with Crippen LogP contribution in [-0.2, 0) is 33.3 Å². The van der Waals surface area contributed by atoms with Gasteiger partial charge in [-0.25, -0.2) is 0 Å². The van der Waals surface area contributed by atoms with E-state index in [1.165, 1.54) is 57.8 Å². The minimum Gasteiger partial charge on any atom is -0.545 e. The van der Waals surface area contributed by atoms with Crippen molar-refractivity contribution in [2.24, 2.45) is 0 Å². The van der Waals surface area contributed by atoms with Gasteiger partial charge in [-0.1, -0.05) is 176 Å². The zero-order chi connectivity index (χ0) is 47.7. The fourth-order valence-electron chi connectivity index (χ4n) is 6.65. The molecule has 0 amide bonds. The van der Waals surface area contributed by atoms with Crippen LogP contribution in [0.5, 0.6) is 0 Å². The molecular formula is C56H95NO8. The van der Waals surface area contributed by atoms with Crippen molar-refractivity contribution in [2.45, 2.75) is 206 Å². The standard InChI is InChI=1S/C56H95NO8/c1-6-8-10-12-14-16-18-20-22-23-24-25-26-27-28-29-30-31-33-35-37-39-41-43-45-47-54(59)65-52(51-64-56(55(60)61)62-49-48-57(3,4)5)50-63-53(58)46-44-42-40-38-36-34-32-21-19-17-15-13-11-9-7-2/h8,10,14-17,20-22,24-25,27-28,32,52,56H,6-7,9,11-13,18-19,23,26,29-31,33-51H2,1-5H3/b10-8-,16-14-,17-15-,22-20-,25-24-,28-27-,32-21-. The van der Waals surface area contributed by atoms with Gasteiger partial charge in [-0.15, -0.1) is 0 Å². The predicted molar refractivity (Wildman–Crippen MR) is 269 cm³/mol. The average Bonchev–Trinajstić information content (AvgIpc) is 3.27. The molecule has 372 valence electrons. The van der Waals surface area contributed by atoms with Crippen LogP contribution in [0.2, 0.25) is 0 Å². The van der Waals surface area contributed by atoms with Crippen molar-refractivity contribution in [1.82, 2.24) is 0 Å². The van der Waals surface area contributed by atoms with Crippen LogP contribution in [0, 0.1) is 0 Å². The van der Waals surface area contributed by atoms with Crippen molar-refractivity contribution in [2.75, 3.05) is 47.5 Å². The van der Waals surface area contributed by atoms with E-state index >= 15 is 0 Å². The van der Waals surface area contributed by atoms with E-state index in [1.807, 2.05) is 21.1 Å². The Kier molecular flexibility index (Phi) is 44.4. The van der Waals surface area contributed by atoms with Crippen LogP contribution in [-0.4, -0.2) is 82.3 Å². The Balaban J connectivity index is 4.35. The molecular weight excluding hydrogens is 815 g/mol. The van der Waals surface area contributed by atoms with Gasteiger partial charge in [-0.3, -0.25) is 9.59 Å². The summed E-state index contributed by atoms with van der Waals surface area (Å²) in [6, 6.07) is 0. The Morgan fingerprint density at radius 2 is 0.877 bits per heavy atom. The summed E-state index contributed by atoms with van der Waals surface area (Å²) in [5, 5.41) is 11.7. The highest BCUT2D eigenvalue weighted by Crippen LogP contribution is 2.14. The molecule has 0 aromatic carbocycles. The Labute approximate surface area is 398 Å². The highest BCUT2D eigenvalue weighted by molar-refractivity contribution is 5.70. The quantitative estimate of drug-likeness (QED) is 0.0195. The fourth-order valence-corrected chi connectivity index (χ4v) is 6.65. The van der Waals surface area contributed by atoms with Crippen LogP contribution in [0.3, 0.4) is 0 Å². The van der Waals surface area contributed by atoms with Crippen molar-refractivity contribution < 1.29 is 42.9 Å². The number of nitrogens with zero attached hydrogens (tertiary/aromatic N) is 1. The maximum Gasteiger partial charge on any atom is 0.306 e. The summed E-state index contributed by atoms with van der Waals surface area (Å²) in [5.41, 5.74) is 0. The second kappa shape index (κ2) is 47.0. The van der Waals surface area contributed by atoms with E-state index < -0.39 is 24.3 Å². The number of carbonyl (C=O) groups excluding carboxylic acids is 3. The van der Waals surface area contributed by atoms with E-state index in [-0.39, 0.29) is 38.6 Å². The van der Waals surface area contributed by atoms with Gasteiger partial charge in [0.2, 0.25) is 0 Å². The molecule has 9 nitrogen and oxygen atoms in total. The Bertz CT molecular complexity index is 1340. The zero-order valence-electron chi connectivity index (χ0n) is 42.1. The molecule has 9 heteroatoms. The summed E-state index contributed by atoms with van der Waals surface area (Å²) in [6.45, 7) is 4.57. The number of esters is 2. The lowest BCUT2D eigenvalue weighted by Gasteiger charge is -2.26. The van der Waals surface area contributed by atoms with Gasteiger partial charge < -0.3 is 33.3 Å². The number of likely N-dealkylation sites (N-methyl/N-ethyl adjacent to an activating group) is 1. The van der Waals surface area contributed by atoms with Crippen molar-refractivity contribution in [1.29, 1.82) is 0 Å². The second-order valence-electron chi connectivity index (χ2n) is 18.1. The number of unbranched alkanes of at least 4 members (excludes halogenated alkanes) is 17. The number of quaternary nitrogens is 1. The average molecular weight is 910 g/mol. The number of hydrogen-bond donors (Lipinski definition) is 0. The van der Waals surface area contributed by atoms with Gasteiger partial charge >= 0.3 is 11.9 Å². The van der Waals surface area contributed by atoms with E-state index in [1.54, 1.807) is 0 Å². The van der Waals surface area contributed by atoms with Gasteiger partial charge in [-0.05, 0) is 89.9 Å². The molecule has 0 saturated heterocycles. The number of carboxylic acids is 1. The molecule has 2 atom stereocenters. The lowest BCUT2D eigenvalue weighted by molar-refractivity contribution is -0.870. The highest BCUT2D eigenvalue weighted by atomic mass is 16.7. The number of carbonyl (C=O) groups is 3. The van der Waals surface area contributed by atoms with Crippen LogP contribution in [0.15, 0.2) is 85.1 Å². The van der Waals surface area contributed by atoms with E-state index in [9.17, 15) is 19.5 Å². The molecule has 0 aliphatic heterocycles. The van der Waals surface area contributed by atoms with Crippen LogP contribution in [0.4, 0.5) is 0 Å². The first kappa shape index (κ1) is 61.5. The molecule has 2 unspecified atom stereocenters. The van der Waals surface area contributed by atoms with Gasteiger partial charge in [0, 0.05) is 12.8 Å². The molecule has 65 heavy (non-hydrogen) atoms. The summed E-state index contributed by atoms with van der Waals surface area (Å²) in [6.07, 6.45) is 57.5. The number of hydrogen-bond acceptors (Lipinski definition) is 8. The SMILES string of the molecule is CC/C=C\C/C=C\C/C=C\C/C=C\C/C=C\CCCCCCCCCCCC(=O)OC(COC(=O)CCCCCCC/C=C\C/C=C\CCCCC)COC(OCC[N+](C)(C)C)C(=O)[O-]. The fraction of sp³-hybridized carbons (Fsp3) is 0.696. The molecule has 0 saturated carbocycles. The smallest absolute Gasteiger partial charge is 0.306 e. The third-order valence-electron chi connectivity index (χ3n) is 10.6. The highest BCUT2D eigenvalue weighted by Gasteiger charge is 2.21. The van der Waals surface area contributed by atoms with Crippen molar-refractivity contribution in [3.05, 3.63) is 85.1 Å².